The maximum absolute atomic E-state index is 12.1. The molecule has 0 aliphatic carbocycles. The van der Waals surface area contributed by atoms with E-state index < -0.39 is 10.8 Å². The maximum Gasteiger partial charge on any atom is 0.274 e. The quantitative estimate of drug-likeness (QED) is 0.599. The van der Waals surface area contributed by atoms with Gasteiger partial charge in [-0.1, -0.05) is 24.3 Å². The first-order valence-electron chi connectivity index (χ1n) is 7.93. The molecule has 1 N–H and O–H groups in total. The van der Waals surface area contributed by atoms with Gasteiger partial charge in [0.05, 0.1) is 23.3 Å². The number of hydrogen-bond donors (Lipinski definition) is 1. The van der Waals surface area contributed by atoms with Crippen LogP contribution in [0.2, 0.25) is 0 Å². The van der Waals surface area contributed by atoms with Crippen LogP contribution < -0.4 is 14.8 Å². The van der Waals surface area contributed by atoms with Crippen LogP contribution in [0.1, 0.15) is 18.1 Å². The highest BCUT2D eigenvalue weighted by Gasteiger charge is 2.15. The molecule has 2 aromatic rings. The molecule has 0 bridgehead atoms. The molecule has 0 aliphatic heterocycles. The standard InChI is InChI=1S/C19H20N2O5/c1-4-6-14-9-10-17(18(11-14)25-3)26-12-19(22)20-15-7-5-8-16(13(15)2)21(23)24/h4-11H,12H2,1-3H3,(H,20,22)/b6-4+. The summed E-state index contributed by atoms with van der Waals surface area (Å²) in [4.78, 5) is 22.6. The van der Waals surface area contributed by atoms with E-state index in [-0.39, 0.29) is 12.3 Å². The molecule has 7 nitrogen and oxygen atoms in total. The summed E-state index contributed by atoms with van der Waals surface area (Å²) < 4.78 is 10.8. The summed E-state index contributed by atoms with van der Waals surface area (Å²) in [5.74, 6) is 0.528. The van der Waals surface area contributed by atoms with Gasteiger partial charge in [0.1, 0.15) is 0 Å². The lowest BCUT2D eigenvalue weighted by atomic mass is 10.1. The lowest BCUT2D eigenvalue weighted by molar-refractivity contribution is -0.385. The van der Waals surface area contributed by atoms with E-state index in [0.717, 1.165) is 5.56 Å². The fraction of sp³-hybridized carbons (Fsp3) is 0.211. The van der Waals surface area contributed by atoms with Crippen molar-refractivity contribution in [1.29, 1.82) is 0 Å². The van der Waals surface area contributed by atoms with E-state index in [1.165, 1.54) is 19.2 Å². The minimum atomic E-state index is -0.487. The molecule has 0 unspecified atom stereocenters. The minimum Gasteiger partial charge on any atom is -0.493 e. The fourth-order valence-electron chi connectivity index (χ4n) is 2.39. The first-order valence-corrected chi connectivity index (χ1v) is 7.93. The molecule has 2 rings (SSSR count). The number of hydrogen-bond acceptors (Lipinski definition) is 5. The van der Waals surface area contributed by atoms with Gasteiger partial charge in [-0.05, 0) is 37.6 Å². The van der Waals surface area contributed by atoms with Gasteiger partial charge in [0, 0.05) is 6.07 Å². The van der Waals surface area contributed by atoms with Crippen LogP contribution in [0.3, 0.4) is 0 Å². The normalized spacial score (nSPS) is 10.6. The zero-order valence-electron chi connectivity index (χ0n) is 14.8. The summed E-state index contributed by atoms with van der Waals surface area (Å²) in [5.41, 5.74) is 1.67. The fourth-order valence-corrected chi connectivity index (χ4v) is 2.39. The minimum absolute atomic E-state index is 0.0510. The summed E-state index contributed by atoms with van der Waals surface area (Å²) in [5, 5.41) is 13.6. The van der Waals surface area contributed by atoms with Crippen LogP contribution in [0.25, 0.3) is 6.08 Å². The molecule has 0 saturated carbocycles. The summed E-state index contributed by atoms with van der Waals surface area (Å²) in [6.45, 7) is 3.25. The molecule has 26 heavy (non-hydrogen) atoms. The van der Waals surface area contributed by atoms with Crippen molar-refractivity contribution in [2.75, 3.05) is 19.0 Å². The number of anilines is 1. The van der Waals surface area contributed by atoms with Crippen molar-refractivity contribution < 1.29 is 19.2 Å². The van der Waals surface area contributed by atoms with E-state index in [2.05, 4.69) is 5.32 Å². The number of amides is 1. The Morgan fingerprint density at radius 3 is 2.69 bits per heavy atom. The number of carbonyl (C=O) groups excluding carboxylic acids is 1. The Labute approximate surface area is 151 Å². The molecule has 0 aromatic heterocycles. The number of nitro benzene ring substituents is 1. The Kier molecular flexibility index (Phi) is 6.32. The van der Waals surface area contributed by atoms with Crippen LogP contribution >= 0.6 is 0 Å². The molecular formula is C19H20N2O5. The lowest BCUT2D eigenvalue weighted by Gasteiger charge is -2.12. The number of rotatable bonds is 7. The Balaban J connectivity index is 2.06. The number of benzene rings is 2. The third kappa shape index (κ3) is 4.60. The predicted molar refractivity (Wildman–Crippen MR) is 99.7 cm³/mol. The molecule has 7 heteroatoms. The SMILES string of the molecule is C/C=C/c1ccc(OCC(=O)Nc2cccc([N+](=O)[O-])c2C)c(OC)c1. The van der Waals surface area contributed by atoms with Gasteiger partial charge in [-0.25, -0.2) is 0 Å². The number of allylic oxidation sites excluding steroid dienone is 1. The summed E-state index contributed by atoms with van der Waals surface area (Å²) in [6, 6.07) is 9.88. The zero-order chi connectivity index (χ0) is 19.1. The highest BCUT2D eigenvalue weighted by atomic mass is 16.6. The smallest absolute Gasteiger partial charge is 0.274 e. The predicted octanol–water partition coefficient (Wildman–Crippen LogP) is 3.96. The molecule has 136 valence electrons. The van der Waals surface area contributed by atoms with Crippen LogP contribution in [0, 0.1) is 17.0 Å². The van der Waals surface area contributed by atoms with Gasteiger partial charge in [0.15, 0.2) is 18.1 Å². The second kappa shape index (κ2) is 8.66. The molecule has 0 aliphatic rings. The number of methoxy groups -OCH3 is 1. The molecule has 2 aromatic carbocycles. The Morgan fingerprint density at radius 1 is 1.27 bits per heavy atom. The van der Waals surface area contributed by atoms with Crippen molar-refractivity contribution in [2.45, 2.75) is 13.8 Å². The topological polar surface area (TPSA) is 90.7 Å². The second-order valence-electron chi connectivity index (χ2n) is 5.45. The molecule has 0 atom stereocenters. The molecule has 0 spiro atoms. The molecule has 0 radical (unpaired) electrons. The molecule has 0 heterocycles. The van der Waals surface area contributed by atoms with Gasteiger partial charge in [0.2, 0.25) is 0 Å². The second-order valence-corrected chi connectivity index (χ2v) is 5.45. The van der Waals surface area contributed by atoms with E-state index in [0.29, 0.717) is 22.7 Å². The third-order valence-electron chi connectivity index (χ3n) is 3.68. The lowest BCUT2D eigenvalue weighted by Crippen LogP contribution is -2.21. The van der Waals surface area contributed by atoms with Crippen LogP contribution in [0.4, 0.5) is 11.4 Å². The van der Waals surface area contributed by atoms with Gasteiger partial charge in [-0.2, -0.15) is 0 Å². The largest absolute Gasteiger partial charge is 0.493 e. The van der Waals surface area contributed by atoms with Crippen LogP contribution in [0.5, 0.6) is 11.5 Å². The van der Waals surface area contributed by atoms with Gasteiger partial charge in [0.25, 0.3) is 11.6 Å². The number of ether oxygens (including phenoxy) is 2. The highest BCUT2D eigenvalue weighted by Crippen LogP contribution is 2.29. The van der Waals surface area contributed by atoms with Gasteiger partial charge in [-0.3, -0.25) is 14.9 Å². The summed E-state index contributed by atoms with van der Waals surface area (Å²) >= 11 is 0. The van der Waals surface area contributed by atoms with Crippen LogP contribution in [-0.4, -0.2) is 24.5 Å². The monoisotopic (exact) mass is 356 g/mol. The Hall–Kier alpha value is -3.35. The Morgan fingerprint density at radius 2 is 2.04 bits per heavy atom. The van der Waals surface area contributed by atoms with Crippen molar-refractivity contribution in [3.05, 3.63) is 63.7 Å². The number of nitro groups is 1. The summed E-state index contributed by atoms with van der Waals surface area (Å²) in [6.07, 6.45) is 3.83. The number of carbonyl (C=O) groups is 1. The maximum atomic E-state index is 12.1. The summed E-state index contributed by atoms with van der Waals surface area (Å²) in [7, 11) is 1.52. The first kappa shape index (κ1) is 19.0. The molecule has 0 fully saturated rings. The Bertz CT molecular complexity index is 846. The zero-order valence-corrected chi connectivity index (χ0v) is 14.8. The van der Waals surface area contributed by atoms with Crippen molar-refractivity contribution in [1.82, 2.24) is 0 Å². The van der Waals surface area contributed by atoms with Crippen molar-refractivity contribution >= 4 is 23.4 Å². The van der Waals surface area contributed by atoms with Crippen molar-refractivity contribution in [2.24, 2.45) is 0 Å². The van der Waals surface area contributed by atoms with Crippen molar-refractivity contribution in [3.8, 4) is 11.5 Å². The number of nitrogens with one attached hydrogen (secondary N) is 1. The average Bonchev–Trinajstić information content (AvgIpc) is 2.62. The highest BCUT2D eigenvalue weighted by molar-refractivity contribution is 5.93. The van der Waals surface area contributed by atoms with E-state index in [4.69, 9.17) is 9.47 Å². The van der Waals surface area contributed by atoms with Crippen LogP contribution in [0.15, 0.2) is 42.5 Å². The van der Waals surface area contributed by atoms with Gasteiger partial charge < -0.3 is 14.8 Å². The average molecular weight is 356 g/mol. The van der Waals surface area contributed by atoms with E-state index in [1.807, 2.05) is 25.1 Å². The van der Waals surface area contributed by atoms with E-state index in [1.54, 1.807) is 25.1 Å². The number of nitrogens with zero attached hydrogens (tertiary/aromatic N) is 1. The first-order chi connectivity index (χ1) is 12.5. The molecular weight excluding hydrogens is 336 g/mol. The van der Waals surface area contributed by atoms with Gasteiger partial charge >= 0.3 is 0 Å². The van der Waals surface area contributed by atoms with Crippen LogP contribution in [-0.2, 0) is 4.79 Å². The van der Waals surface area contributed by atoms with E-state index >= 15 is 0 Å². The molecule has 0 saturated heterocycles. The van der Waals surface area contributed by atoms with Gasteiger partial charge in [-0.15, -0.1) is 0 Å². The van der Waals surface area contributed by atoms with Crippen molar-refractivity contribution in [3.63, 3.8) is 0 Å². The van der Waals surface area contributed by atoms with E-state index in [9.17, 15) is 14.9 Å². The third-order valence-corrected chi connectivity index (χ3v) is 3.68. The molecule has 1 amide bonds.